The third-order valence-corrected chi connectivity index (χ3v) is 2.33. The topological polar surface area (TPSA) is 63.4 Å². The molecule has 0 aliphatic carbocycles. The highest BCUT2D eigenvalue weighted by Gasteiger charge is 2.10. The molecular formula is C12H24N2O2. The first kappa shape index (κ1) is 15.1. The van der Waals surface area contributed by atoms with Crippen LogP contribution in [0.1, 0.15) is 40.0 Å². The number of carbonyl (C=O) groups is 2. The van der Waals surface area contributed by atoms with E-state index in [0.29, 0.717) is 25.3 Å². The second kappa shape index (κ2) is 8.28. The lowest BCUT2D eigenvalue weighted by Gasteiger charge is -2.22. The number of amides is 1. The fourth-order valence-electron chi connectivity index (χ4n) is 1.65. The van der Waals surface area contributed by atoms with E-state index in [1.807, 2.05) is 11.8 Å². The molecule has 1 amide bonds. The van der Waals surface area contributed by atoms with Gasteiger partial charge >= 0.3 is 0 Å². The molecule has 0 fully saturated rings. The average Bonchev–Trinajstić information content (AvgIpc) is 2.15. The molecule has 0 spiro atoms. The number of Topliss-reactive ketones (excluding diaryl/α,β-unsaturated/α-hetero) is 1. The Morgan fingerprint density at radius 1 is 1.31 bits per heavy atom. The van der Waals surface area contributed by atoms with Crippen molar-refractivity contribution in [3.05, 3.63) is 0 Å². The number of carbonyl (C=O) groups excluding carboxylic acids is 2. The highest BCUT2D eigenvalue weighted by molar-refractivity contribution is 5.78. The van der Waals surface area contributed by atoms with Crippen LogP contribution in [0, 0.1) is 5.92 Å². The molecule has 0 aromatic heterocycles. The van der Waals surface area contributed by atoms with Crippen molar-refractivity contribution in [1.82, 2.24) is 4.90 Å². The summed E-state index contributed by atoms with van der Waals surface area (Å²) in [7, 11) is 0. The molecule has 2 N–H and O–H groups in total. The van der Waals surface area contributed by atoms with Crippen LogP contribution >= 0.6 is 0 Å². The lowest BCUT2D eigenvalue weighted by atomic mass is 10.1. The van der Waals surface area contributed by atoms with Crippen LogP contribution in [0.25, 0.3) is 0 Å². The van der Waals surface area contributed by atoms with Gasteiger partial charge in [-0.15, -0.1) is 0 Å². The van der Waals surface area contributed by atoms with Crippen molar-refractivity contribution in [3.8, 4) is 0 Å². The number of ketones is 1. The third kappa shape index (κ3) is 8.41. The fourth-order valence-corrected chi connectivity index (χ4v) is 1.65. The summed E-state index contributed by atoms with van der Waals surface area (Å²) in [6.45, 7) is 7.99. The standard InChI is InChI=1S/C12H24N2O2/c1-4-11(15)6-5-7-14(8-10(2)3)9-12(13)16/h10H,4-9H2,1-3H3,(H2,13,16). The molecule has 0 aromatic rings. The summed E-state index contributed by atoms with van der Waals surface area (Å²) >= 11 is 0. The first-order chi connectivity index (χ1) is 7.45. The van der Waals surface area contributed by atoms with Crippen molar-refractivity contribution in [2.24, 2.45) is 11.7 Å². The van der Waals surface area contributed by atoms with Gasteiger partial charge in [-0.25, -0.2) is 0 Å². The summed E-state index contributed by atoms with van der Waals surface area (Å²) in [6.07, 6.45) is 2.01. The van der Waals surface area contributed by atoms with E-state index in [1.54, 1.807) is 0 Å². The molecule has 94 valence electrons. The zero-order chi connectivity index (χ0) is 12.6. The van der Waals surface area contributed by atoms with Gasteiger partial charge < -0.3 is 5.73 Å². The van der Waals surface area contributed by atoms with Gasteiger partial charge in [0, 0.05) is 19.4 Å². The molecule has 0 rings (SSSR count). The maximum atomic E-state index is 11.1. The molecule has 0 saturated heterocycles. The van der Waals surface area contributed by atoms with Crippen molar-refractivity contribution in [2.45, 2.75) is 40.0 Å². The highest BCUT2D eigenvalue weighted by Crippen LogP contribution is 2.02. The minimum Gasteiger partial charge on any atom is -0.369 e. The maximum absolute atomic E-state index is 11.1. The van der Waals surface area contributed by atoms with Gasteiger partial charge in [-0.1, -0.05) is 20.8 Å². The molecule has 0 atom stereocenters. The number of rotatable bonds is 9. The Morgan fingerprint density at radius 2 is 1.94 bits per heavy atom. The molecule has 4 heteroatoms. The van der Waals surface area contributed by atoms with Crippen LogP contribution in [0.5, 0.6) is 0 Å². The van der Waals surface area contributed by atoms with E-state index in [1.165, 1.54) is 0 Å². The molecule has 0 aliphatic heterocycles. The van der Waals surface area contributed by atoms with Gasteiger partial charge in [0.2, 0.25) is 5.91 Å². The van der Waals surface area contributed by atoms with Gasteiger partial charge in [-0.05, 0) is 18.9 Å². The van der Waals surface area contributed by atoms with Crippen molar-refractivity contribution in [2.75, 3.05) is 19.6 Å². The predicted molar refractivity (Wildman–Crippen MR) is 65.0 cm³/mol. The van der Waals surface area contributed by atoms with Crippen LogP contribution in [0.3, 0.4) is 0 Å². The van der Waals surface area contributed by atoms with Crippen LogP contribution in [-0.4, -0.2) is 36.2 Å². The minimum atomic E-state index is -0.303. The number of hydrogen-bond donors (Lipinski definition) is 1. The summed E-state index contributed by atoms with van der Waals surface area (Å²) in [5.41, 5.74) is 5.18. The van der Waals surface area contributed by atoms with E-state index >= 15 is 0 Å². The van der Waals surface area contributed by atoms with Crippen LogP contribution in [-0.2, 0) is 9.59 Å². The molecule has 0 unspecified atom stereocenters. The minimum absolute atomic E-state index is 0.281. The molecule has 0 radical (unpaired) electrons. The zero-order valence-electron chi connectivity index (χ0n) is 10.7. The Labute approximate surface area is 98.2 Å². The summed E-state index contributed by atoms with van der Waals surface area (Å²) in [4.78, 5) is 24.0. The summed E-state index contributed by atoms with van der Waals surface area (Å²) in [5.74, 6) is 0.479. The van der Waals surface area contributed by atoms with Crippen LogP contribution in [0.2, 0.25) is 0 Å². The molecule has 0 aromatic carbocycles. The summed E-state index contributed by atoms with van der Waals surface area (Å²) in [6, 6.07) is 0. The molecule has 0 bridgehead atoms. The van der Waals surface area contributed by atoms with Gasteiger partial charge in [-0.2, -0.15) is 0 Å². The van der Waals surface area contributed by atoms with Crippen LogP contribution < -0.4 is 5.73 Å². The fraction of sp³-hybridized carbons (Fsp3) is 0.833. The van der Waals surface area contributed by atoms with E-state index in [4.69, 9.17) is 5.73 Å². The Morgan fingerprint density at radius 3 is 2.38 bits per heavy atom. The predicted octanol–water partition coefficient (Wildman–Crippen LogP) is 1.19. The van der Waals surface area contributed by atoms with E-state index in [9.17, 15) is 9.59 Å². The van der Waals surface area contributed by atoms with Gasteiger partial charge in [-0.3, -0.25) is 14.5 Å². The van der Waals surface area contributed by atoms with E-state index in [-0.39, 0.29) is 11.7 Å². The molecule has 0 heterocycles. The van der Waals surface area contributed by atoms with Crippen molar-refractivity contribution < 1.29 is 9.59 Å². The van der Waals surface area contributed by atoms with Crippen molar-refractivity contribution >= 4 is 11.7 Å². The average molecular weight is 228 g/mol. The van der Waals surface area contributed by atoms with E-state index < -0.39 is 0 Å². The number of nitrogens with two attached hydrogens (primary N) is 1. The highest BCUT2D eigenvalue weighted by atomic mass is 16.1. The van der Waals surface area contributed by atoms with E-state index in [2.05, 4.69) is 13.8 Å². The quantitative estimate of drug-likeness (QED) is 0.644. The molecule has 0 saturated carbocycles. The smallest absolute Gasteiger partial charge is 0.231 e. The summed E-state index contributed by atoms with van der Waals surface area (Å²) < 4.78 is 0. The van der Waals surface area contributed by atoms with Gasteiger partial charge in [0.05, 0.1) is 6.54 Å². The number of primary amides is 1. The first-order valence-electron chi connectivity index (χ1n) is 5.98. The van der Waals surface area contributed by atoms with Crippen LogP contribution in [0.4, 0.5) is 0 Å². The molecule has 0 aliphatic rings. The van der Waals surface area contributed by atoms with Crippen molar-refractivity contribution in [3.63, 3.8) is 0 Å². The number of hydrogen-bond acceptors (Lipinski definition) is 3. The van der Waals surface area contributed by atoms with Gasteiger partial charge in [0.25, 0.3) is 0 Å². The molecule has 16 heavy (non-hydrogen) atoms. The zero-order valence-corrected chi connectivity index (χ0v) is 10.7. The van der Waals surface area contributed by atoms with Crippen molar-refractivity contribution in [1.29, 1.82) is 0 Å². The Bertz CT molecular complexity index is 227. The normalized spacial score (nSPS) is 11.1. The Balaban J connectivity index is 3.91. The lowest BCUT2D eigenvalue weighted by molar-refractivity contribution is -0.119. The Kier molecular flexibility index (Phi) is 7.81. The molecular weight excluding hydrogens is 204 g/mol. The maximum Gasteiger partial charge on any atom is 0.231 e. The Hall–Kier alpha value is -0.900. The van der Waals surface area contributed by atoms with Crippen LogP contribution in [0.15, 0.2) is 0 Å². The lowest BCUT2D eigenvalue weighted by Crippen LogP contribution is -2.37. The van der Waals surface area contributed by atoms with Gasteiger partial charge in [0.1, 0.15) is 5.78 Å². The second-order valence-electron chi connectivity index (χ2n) is 4.59. The first-order valence-corrected chi connectivity index (χ1v) is 5.98. The second-order valence-corrected chi connectivity index (χ2v) is 4.59. The largest absolute Gasteiger partial charge is 0.369 e. The molecule has 4 nitrogen and oxygen atoms in total. The number of nitrogens with zero attached hydrogens (tertiary/aromatic N) is 1. The monoisotopic (exact) mass is 228 g/mol. The third-order valence-electron chi connectivity index (χ3n) is 2.33. The van der Waals surface area contributed by atoms with Gasteiger partial charge in [0.15, 0.2) is 0 Å². The van der Waals surface area contributed by atoms with E-state index in [0.717, 1.165) is 19.5 Å². The SMILES string of the molecule is CCC(=O)CCCN(CC(N)=O)CC(C)C. The summed E-state index contributed by atoms with van der Waals surface area (Å²) in [5, 5.41) is 0.